The highest BCUT2D eigenvalue weighted by Crippen LogP contribution is 2.55. The van der Waals surface area contributed by atoms with Crippen LogP contribution in [0, 0.1) is 0 Å². The summed E-state index contributed by atoms with van der Waals surface area (Å²) in [6.45, 7) is 3.21. The minimum atomic E-state index is -6.31. The van der Waals surface area contributed by atoms with Crippen LogP contribution in [0.4, 0.5) is 35.1 Å². The summed E-state index contributed by atoms with van der Waals surface area (Å²) in [4.78, 5) is 11.1. The highest BCUT2D eigenvalue weighted by atomic mass is 19.4. The minimum Gasteiger partial charge on any atom is -0.462 e. The summed E-state index contributed by atoms with van der Waals surface area (Å²) in [5.41, 5.74) is -0.438. The molecule has 0 aliphatic heterocycles. The van der Waals surface area contributed by atoms with Gasteiger partial charge in [0, 0.05) is 12.8 Å². The van der Waals surface area contributed by atoms with Gasteiger partial charge in [0.2, 0.25) is 0 Å². The molecule has 0 aromatic heterocycles. The summed E-state index contributed by atoms with van der Waals surface area (Å²) in [6.07, 6.45) is -3.15. The Bertz CT molecular complexity index is 535. The van der Waals surface area contributed by atoms with Crippen molar-refractivity contribution in [1.82, 2.24) is 0 Å². The van der Waals surface area contributed by atoms with Gasteiger partial charge in [-0.05, 0) is 12.8 Å². The quantitative estimate of drug-likeness (QED) is 0.152. The van der Waals surface area contributed by atoms with E-state index in [0.717, 1.165) is 6.42 Å². The number of halogens is 8. The number of ether oxygens (including phenoxy) is 1. The lowest BCUT2D eigenvalue weighted by Gasteiger charge is -2.37. The molecule has 0 rings (SSSR count). The molecule has 0 aliphatic carbocycles. The van der Waals surface area contributed by atoms with E-state index in [1.165, 1.54) is 0 Å². The van der Waals surface area contributed by atoms with Crippen molar-refractivity contribution in [1.29, 1.82) is 0 Å². The van der Waals surface area contributed by atoms with Crippen LogP contribution in [-0.4, -0.2) is 48.0 Å². The van der Waals surface area contributed by atoms with Gasteiger partial charge in [0.25, 0.3) is 0 Å². The van der Waals surface area contributed by atoms with Crippen molar-refractivity contribution in [3.63, 3.8) is 0 Å². The Balaban J connectivity index is 4.95. The zero-order valence-electron chi connectivity index (χ0n) is 16.1. The molecule has 0 amide bonds. The maximum Gasteiger partial charge on any atom is 0.378 e. The Morgan fingerprint density at radius 3 is 1.72 bits per heavy atom. The molecule has 1 N–H and O–H groups in total. The summed E-state index contributed by atoms with van der Waals surface area (Å²) in [5, 5.41) is 8.59. The topological polar surface area (TPSA) is 46.5 Å². The third-order valence-electron chi connectivity index (χ3n) is 4.26. The van der Waals surface area contributed by atoms with E-state index in [1.54, 1.807) is 0 Å². The van der Waals surface area contributed by atoms with Gasteiger partial charge in [-0.25, -0.2) is 4.79 Å². The molecule has 0 saturated heterocycles. The standard InChI is InChI=1S/C18H26F8O3/c1-3-4-5-6-7-9-15(19,20)17(23,24)18(25,26)16(21,22)10-8-11-29-14(28)13(2)12-27/h27H,2-12H2,1H3. The van der Waals surface area contributed by atoms with Crippen molar-refractivity contribution in [3.8, 4) is 0 Å². The lowest BCUT2D eigenvalue weighted by atomic mass is 9.92. The van der Waals surface area contributed by atoms with E-state index in [0.29, 0.717) is 12.8 Å². The molecule has 0 heterocycles. The molecule has 0 fully saturated rings. The lowest BCUT2D eigenvalue weighted by molar-refractivity contribution is -0.368. The molecule has 29 heavy (non-hydrogen) atoms. The van der Waals surface area contributed by atoms with Gasteiger partial charge in [-0.1, -0.05) is 39.2 Å². The highest BCUT2D eigenvalue weighted by molar-refractivity contribution is 5.87. The van der Waals surface area contributed by atoms with Gasteiger partial charge >= 0.3 is 29.7 Å². The fourth-order valence-electron chi connectivity index (χ4n) is 2.35. The number of aliphatic hydroxyl groups is 1. The second-order valence-corrected chi connectivity index (χ2v) is 6.72. The van der Waals surface area contributed by atoms with Crippen LogP contribution in [0.5, 0.6) is 0 Å². The SMILES string of the molecule is C=C(CO)C(=O)OCCCC(F)(F)C(F)(F)C(F)(F)C(F)(F)CCCCCCC. The number of hydrogen-bond acceptors (Lipinski definition) is 3. The van der Waals surface area contributed by atoms with E-state index in [9.17, 15) is 39.9 Å². The van der Waals surface area contributed by atoms with Crippen molar-refractivity contribution in [2.75, 3.05) is 13.2 Å². The molecule has 0 atom stereocenters. The first-order valence-electron chi connectivity index (χ1n) is 9.15. The number of alkyl halides is 8. The summed E-state index contributed by atoms with van der Waals surface area (Å²) in [7, 11) is 0. The molecule has 11 heteroatoms. The van der Waals surface area contributed by atoms with E-state index in [4.69, 9.17) is 5.11 Å². The predicted molar refractivity (Wildman–Crippen MR) is 89.6 cm³/mol. The van der Waals surface area contributed by atoms with Crippen LogP contribution in [0.1, 0.15) is 58.3 Å². The van der Waals surface area contributed by atoms with Crippen LogP contribution >= 0.6 is 0 Å². The molecule has 0 spiro atoms. The summed E-state index contributed by atoms with van der Waals surface area (Å²) < 4.78 is 114. The molecular weight excluding hydrogens is 416 g/mol. The van der Waals surface area contributed by atoms with Gasteiger partial charge in [-0.2, -0.15) is 35.1 Å². The number of esters is 1. The number of carbonyl (C=O) groups is 1. The van der Waals surface area contributed by atoms with Gasteiger partial charge in [-0.3, -0.25) is 0 Å². The van der Waals surface area contributed by atoms with Crippen molar-refractivity contribution in [2.45, 2.75) is 82.0 Å². The largest absolute Gasteiger partial charge is 0.462 e. The third-order valence-corrected chi connectivity index (χ3v) is 4.26. The van der Waals surface area contributed by atoms with Crippen LogP contribution in [-0.2, 0) is 9.53 Å². The first-order chi connectivity index (χ1) is 13.2. The monoisotopic (exact) mass is 442 g/mol. The van der Waals surface area contributed by atoms with Crippen molar-refractivity contribution >= 4 is 5.97 Å². The predicted octanol–water partition coefficient (Wildman–Crippen LogP) is 5.76. The molecule has 0 aliphatic rings. The van der Waals surface area contributed by atoms with Gasteiger partial charge in [0.05, 0.1) is 18.8 Å². The average Bonchev–Trinajstić information content (AvgIpc) is 2.63. The number of unbranched alkanes of at least 4 members (excludes halogenated alkanes) is 4. The number of carbonyl (C=O) groups excluding carboxylic acids is 1. The van der Waals surface area contributed by atoms with Crippen LogP contribution in [0.2, 0.25) is 0 Å². The fraction of sp³-hybridized carbons (Fsp3) is 0.833. The van der Waals surface area contributed by atoms with E-state index in [-0.39, 0.29) is 6.42 Å². The molecular formula is C18H26F8O3. The van der Waals surface area contributed by atoms with Crippen molar-refractivity contribution < 1.29 is 49.8 Å². The maximum atomic E-state index is 13.7. The summed E-state index contributed by atoms with van der Waals surface area (Å²) in [5.74, 6) is -24.6. The Morgan fingerprint density at radius 2 is 1.28 bits per heavy atom. The maximum absolute atomic E-state index is 13.7. The number of aliphatic hydroxyl groups excluding tert-OH is 1. The first-order valence-corrected chi connectivity index (χ1v) is 9.15. The normalized spacial score (nSPS) is 13.4. The van der Waals surface area contributed by atoms with Gasteiger partial charge in [0.1, 0.15) is 0 Å². The van der Waals surface area contributed by atoms with Gasteiger partial charge < -0.3 is 9.84 Å². The summed E-state index contributed by atoms with van der Waals surface area (Å²) >= 11 is 0. The van der Waals surface area contributed by atoms with E-state index in [2.05, 4.69) is 11.3 Å². The zero-order chi connectivity index (χ0) is 22.9. The molecule has 0 radical (unpaired) electrons. The van der Waals surface area contributed by atoms with E-state index >= 15 is 0 Å². The second-order valence-electron chi connectivity index (χ2n) is 6.72. The molecule has 0 aromatic carbocycles. The van der Waals surface area contributed by atoms with E-state index < -0.39 is 74.1 Å². The van der Waals surface area contributed by atoms with Crippen LogP contribution in [0.15, 0.2) is 12.2 Å². The zero-order valence-corrected chi connectivity index (χ0v) is 16.1. The second kappa shape index (κ2) is 11.1. The molecule has 0 unspecified atom stereocenters. The molecule has 0 bridgehead atoms. The van der Waals surface area contributed by atoms with Gasteiger partial charge in [0.15, 0.2) is 0 Å². The van der Waals surface area contributed by atoms with Crippen LogP contribution < -0.4 is 0 Å². The highest BCUT2D eigenvalue weighted by Gasteiger charge is 2.79. The third kappa shape index (κ3) is 7.11. The van der Waals surface area contributed by atoms with Crippen LogP contribution in [0.3, 0.4) is 0 Å². The number of hydrogen-bond donors (Lipinski definition) is 1. The summed E-state index contributed by atoms with van der Waals surface area (Å²) in [6, 6.07) is 0. The Kier molecular flexibility index (Phi) is 10.6. The molecule has 0 saturated carbocycles. The smallest absolute Gasteiger partial charge is 0.378 e. The minimum absolute atomic E-state index is 0.0893. The lowest BCUT2D eigenvalue weighted by Crippen LogP contribution is -2.62. The first kappa shape index (κ1) is 27.6. The Hall–Kier alpha value is -1.39. The van der Waals surface area contributed by atoms with E-state index in [1.807, 2.05) is 6.92 Å². The van der Waals surface area contributed by atoms with Crippen molar-refractivity contribution in [2.24, 2.45) is 0 Å². The fourth-order valence-corrected chi connectivity index (χ4v) is 2.35. The molecule has 0 aromatic rings. The van der Waals surface area contributed by atoms with Crippen molar-refractivity contribution in [3.05, 3.63) is 12.2 Å². The average molecular weight is 442 g/mol. The Labute approximate surface area is 164 Å². The molecule has 172 valence electrons. The number of rotatable bonds is 15. The molecule has 3 nitrogen and oxygen atoms in total. The van der Waals surface area contributed by atoms with Gasteiger partial charge in [-0.15, -0.1) is 0 Å². The Morgan fingerprint density at radius 1 is 0.828 bits per heavy atom. The van der Waals surface area contributed by atoms with Crippen LogP contribution in [0.25, 0.3) is 0 Å².